The third kappa shape index (κ3) is 8.87. The van der Waals surface area contributed by atoms with E-state index in [0.717, 1.165) is 31.4 Å². The van der Waals surface area contributed by atoms with E-state index in [-0.39, 0.29) is 11.5 Å². The standard InChI is InChI=1S/C12H24N2OS/c1-11(14)6-9-16(15)8-5-4-7-12(2,3)10-13/h11H,4-9,14H2,1-3H3. The van der Waals surface area contributed by atoms with Gasteiger partial charge in [0.05, 0.1) is 11.5 Å². The predicted molar refractivity (Wildman–Crippen MR) is 69.4 cm³/mol. The van der Waals surface area contributed by atoms with Crippen LogP contribution in [-0.4, -0.2) is 21.8 Å². The molecule has 0 aromatic rings. The number of nitrogens with two attached hydrogens (primary N) is 1. The lowest BCUT2D eigenvalue weighted by Crippen LogP contribution is -2.18. The molecule has 0 spiro atoms. The molecule has 2 N–H and O–H groups in total. The minimum atomic E-state index is -0.734. The molecule has 2 atom stereocenters. The first-order valence-corrected chi connectivity index (χ1v) is 7.38. The molecule has 0 saturated carbocycles. The van der Waals surface area contributed by atoms with Gasteiger partial charge in [-0.15, -0.1) is 0 Å². The maximum absolute atomic E-state index is 11.5. The highest BCUT2D eigenvalue weighted by Gasteiger charge is 2.15. The van der Waals surface area contributed by atoms with Crippen molar-refractivity contribution in [2.24, 2.45) is 11.1 Å². The number of unbranched alkanes of at least 4 members (excludes halogenated alkanes) is 1. The highest BCUT2D eigenvalue weighted by molar-refractivity contribution is 7.84. The Morgan fingerprint density at radius 3 is 2.50 bits per heavy atom. The van der Waals surface area contributed by atoms with E-state index in [2.05, 4.69) is 6.07 Å². The molecule has 94 valence electrons. The number of hydrogen-bond donors (Lipinski definition) is 1. The molecular weight excluding hydrogens is 220 g/mol. The van der Waals surface area contributed by atoms with E-state index < -0.39 is 10.8 Å². The summed E-state index contributed by atoms with van der Waals surface area (Å²) in [6.45, 7) is 5.83. The zero-order valence-electron chi connectivity index (χ0n) is 10.7. The highest BCUT2D eigenvalue weighted by atomic mass is 32.2. The van der Waals surface area contributed by atoms with E-state index in [0.29, 0.717) is 5.75 Å². The quantitative estimate of drug-likeness (QED) is 0.666. The monoisotopic (exact) mass is 244 g/mol. The average Bonchev–Trinajstić information content (AvgIpc) is 2.21. The Hall–Kier alpha value is -0.400. The van der Waals surface area contributed by atoms with E-state index in [9.17, 15) is 4.21 Å². The lowest BCUT2D eigenvalue weighted by molar-refractivity contribution is 0.432. The summed E-state index contributed by atoms with van der Waals surface area (Å²) in [5, 5.41) is 8.82. The zero-order valence-corrected chi connectivity index (χ0v) is 11.5. The van der Waals surface area contributed by atoms with Gasteiger partial charge in [-0.2, -0.15) is 5.26 Å². The van der Waals surface area contributed by atoms with E-state index in [1.807, 2.05) is 20.8 Å². The zero-order chi connectivity index (χ0) is 12.6. The van der Waals surface area contributed by atoms with Gasteiger partial charge < -0.3 is 5.73 Å². The maximum atomic E-state index is 11.5. The lowest BCUT2D eigenvalue weighted by Gasteiger charge is -2.14. The largest absolute Gasteiger partial charge is 0.328 e. The molecule has 0 amide bonds. The van der Waals surface area contributed by atoms with Crippen LogP contribution in [0.5, 0.6) is 0 Å². The smallest absolute Gasteiger partial charge is 0.0683 e. The lowest BCUT2D eigenvalue weighted by atomic mass is 9.89. The van der Waals surface area contributed by atoms with Crippen LogP contribution in [-0.2, 0) is 10.8 Å². The molecule has 0 rings (SSSR count). The SMILES string of the molecule is CC(N)CCS(=O)CCCCC(C)(C)C#N. The number of nitrogens with zero attached hydrogens (tertiary/aromatic N) is 1. The molecule has 0 heterocycles. The second-order valence-electron chi connectivity index (χ2n) is 5.07. The normalized spacial score (nSPS) is 15.4. The van der Waals surface area contributed by atoms with Crippen LogP contribution in [0.1, 0.15) is 46.5 Å². The van der Waals surface area contributed by atoms with Gasteiger partial charge in [0.2, 0.25) is 0 Å². The first-order valence-electron chi connectivity index (χ1n) is 5.89. The van der Waals surface area contributed by atoms with Crippen molar-refractivity contribution in [3.63, 3.8) is 0 Å². The summed E-state index contributed by atoms with van der Waals surface area (Å²) >= 11 is 0. The van der Waals surface area contributed by atoms with Crippen LogP contribution in [0.3, 0.4) is 0 Å². The molecule has 0 radical (unpaired) electrons. The molecule has 0 bridgehead atoms. The molecule has 0 saturated heterocycles. The molecule has 0 aliphatic carbocycles. The van der Waals surface area contributed by atoms with Crippen LogP contribution < -0.4 is 5.73 Å². The van der Waals surface area contributed by atoms with E-state index >= 15 is 0 Å². The summed E-state index contributed by atoms with van der Waals surface area (Å²) < 4.78 is 11.5. The van der Waals surface area contributed by atoms with E-state index in [4.69, 9.17) is 11.0 Å². The third-order valence-electron chi connectivity index (χ3n) is 2.53. The van der Waals surface area contributed by atoms with Crippen molar-refractivity contribution in [1.29, 1.82) is 5.26 Å². The summed E-state index contributed by atoms with van der Waals surface area (Å²) in [4.78, 5) is 0. The van der Waals surface area contributed by atoms with Gasteiger partial charge in [0, 0.05) is 28.3 Å². The fourth-order valence-corrected chi connectivity index (χ4v) is 2.67. The van der Waals surface area contributed by atoms with Crippen molar-refractivity contribution in [2.45, 2.75) is 52.5 Å². The predicted octanol–water partition coefficient (Wildman–Crippen LogP) is 2.19. The van der Waals surface area contributed by atoms with E-state index in [1.165, 1.54) is 0 Å². The molecule has 2 unspecified atom stereocenters. The molecule has 0 aliphatic heterocycles. The van der Waals surface area contributed by atoms with Gasteiger partial charge in [0.15, 0.2) is 0 Å². The minimum absolute atomic E-state index is 0.140. The van der Waals surface area contributed by atoms with Crippen LogP contribution in [0.4, 0.5) is 0 Å². The van der Waals surface area contributed by atoms with E-state index in [1.54, 1.807) is 0 Å². The third-order valence-corrected chi connectivity index (χ3v) is 3.96. The molecule has 16 heavy (non-hydrogen) atoms. The van der Waals surface area contributed by atoms with Crippen LogP contribution in [0.15, 0.2) is 0 Å². The minimum Gasteiger partial charge on any atom is -0.328 e. The number of hydrogen-bond acceptors (Lipinski definition) is 3. The van der Waals surface area contributed by atoms with Gasteiger partial charge in [-0.25, -0.2) is 0 Å². The number of rotatable bonds is 8. The molecule has 4 heteroatoms. The van der Waals surface area contributed by atoms with Crippen molar-refractivity contribution in [3.05, 3.63) is 0 Å². The van der Waals surface area contributed by atoms with Crippen LogP contribution >= 0.6 is 0 Å². The summed E-state index contributed by atoms with van der Waals surface area (Å²) in [7, 11) is -0.734. The van der Waals surface area contributed by atoms with Crippen molar-refractivity contribution < 1.29 is 4.21 Å². The second kappa shape index (κ2) is 7.81. The van der Waals surface area contributed by atoms with Gasteiger partial charge >= 0.3 is 0 Å². The Bertz CT molecular complexity index is 256. The number of nitriles is 1. The van der Waals surface area contributed by atoms with Crippen molar-refractivity contribution in [2.75, 3.05) is 11.5 Å². The van der Waals surface area contributed by atoms with Gasteiger partial charge in [-0.1, -0.05) is 6.42 Å². The summed E-state index contributed by atoms with van der Waals surface area (Å²) in [5.41, 5.74) is 5.36. The second-order valence-corrected chi connectivity index (χ2v) is 6.76. The molecule has 0 aliphatic rings. The average molecular weight is 244 g/mol. The Morgan fingerprint density at radius 2 is 2.00 bits per heavy atom. The van der Waals surface area contributed by atoms with Crippen molar-refractivity contribution in [1.82, 2.24) is 0 Å². The molecule has 0 aromatic carbocycles. The Labute approximate surface area is 102 Å². The molecule has 0 fully saturated rings. The Morgan fingerprint density at radius 1 is 1.38 bits per heavy atom. The van der Waals surface area contributed by atoms with Gasteiger partial charge in [0.1, 0.15) is 0 Å². The van der Waals surface area contributed by atoms with Crippen LogP contribution in [0, 0.1) is 16.7 Å². The summed E-state index contributed by atoms with van der Waals surface area (Å²) in [5.74, 6) is 1.45. The van der Waals surface area contributed by atoms with Crippen molar-refractivity contribution in [3.8, 4) is 6.07 Å². The fraction of sp³-hybridized carbons (Fsp3) is 0.917. The fourth-order valence-electron chi connectivity index (χ4n) is 1.31. The topological polar surface area (TPSA) is 66.9 Å². The maximum Gasteiger partial charge on any atom is 0.0683 e. The van der Waals surface area contributed by atoms with Crippen LogP contribution in [0.2, 0.25) is 0 Å². The van der Waals surface area contributed by atoms with Crippen molar-refractivity contribution >= 4 is 10.8 Å². The summed E-state index contributed by atoms with van der Waals surface area (Å²) in [6.07, 6.45) is 3.63. The Kier molecular flexibility index (Phi) is 7.61. The van der Waals surface area contributed by atoms with Gasteiger partial charge in [-0.3, -0.25) is 4.21 Å². The van der Waals surface area contributed by atoms with Gasteiger partial charge in [-0.05, 0) is 40.0 Å². The first-order chi connectivity index (χ1) is 7.37. The van der Waals surface area contributed by atoms with Gasteiger partial charge in [0.25, 0.3) is 0 Å². The highest BCUT2D eigenvalue weighted by Crippen LogP contribution is 2.21. The Balaban J connectivity index is 3.53. The molecule has 3 nitrogen and oxygen atoms in total. The summed E-state index contributed by atoms with van der Waals surface area (Å²) in [6, 6.07) is 2.42. The first kappa shape index (κ1) is 15.6. The molecular formula is C12H24N2OS. The van der Waals surface area contributed by atoms with Crippen LogP contribution in [0.25, 0.3) is 0 Å². The molecule has 0 aromatic heterocycles.